The number of nitrogens with zero attached hydrogens (tertiary/aromatic N) is 2. The average molecular weight is 299 g/mol. The summed E-state index contributed by atoms with van der Waals surface area (Å²) in [6, 6.07) is 7.29. The van der Waals surface area contributed by atoms with Crippen LogP contribution in [0.4, 0.5) is 0 Å². The lowest BCUT2D eigenvalue weighted by Crippen LogP contribution is -2.08. The number of nitrogens with one attached hydrogen (secondary N) is 1. The number of imidazole rings is 1. The maximum absolute atomic E-state index is 11.9. The summed E-state index contributed by atoms with van der Waals surface area (Å²) < 4.78 is 12.5. The van der Waals surface area contributed by atoms with Gasteiger partial charge in [0.05, 0.1) is 14.2 Å². The first-order valence-electron chi connectivity index (χ1n) is 6.89. The third kappa shape index (κ3) is 2.43. The minimum atomic E-state index is -0.0563. The molecule has 1 aromatic carbocycles. The summed E-state index contributed by atoms with van der Waals surface area (Å²) in [4.78, 5) is 19.3. The summed E-state index contributed by atoms with van der Waals surface area (Å²) in [6.45, 7) is 2.42. The van der Waals surface area contributed by atoms with Crippen molar-refractivity contribution in [2.75, 3.05) is 14.2 Å². The first kappa shape index (κ1) is 14.2. The number of ether oxygens (including phenoxy) is 2. The Morgan fingerprint density at radius 3 is 2.68 bits per heavy atom. The highest BCUT2D eigenvalue weighted by Gasteiger charge is 2.09. The Hall–Kier alpha value is -2.76. The van der Waals surface area contributed by atoms with Gasteiger partial charge in [-0.1, -0.05) is 6.07 Å². The maximum Gasteiger partial charge on any atom is 0.207 e. The van der Waals surface area contributed by atoms with Crippen molar-refractivity contribution in [3.63, 3.8) is 0 Å². The van der Waals surface area contributed by atoms with Crippen LogP contribution in [0.1, 0.15) is 11.4 Å². The van der Waals surface area contributed by atoms with Crippen molar-refractivity contribution in [1.29, 1.82) is 0 Å². The van der Waals surface area contributed by atoms with E-state index in [2.05, 4.69) is 9.97 Å². The number of rotatable bonds is 4. The molecule has 2 aromatic heterocycles. The minimum absolute atomic E-state index is 0.0563. The molecule has 0 radical (unpaired) electrons. The van der Waals surface area contributed by atoms with Crippen LogP contribution in [-0.4, -0.2) is 28.8 Å². The van der Waals surface area contributed by atoms with Crippen molar-refractivity contribution in [3.8, 4) is 11.5 Å². The zero-order valence-corrected chi connectivity index (χ0v) is 12.7. The number of hydrogen-bond acceptors (Lipinski definition) is 4. The predicted molar refractivity (Wildman–Crippen MR) is 83.7 cm³/mol. The number of aromatic amines is 1. The molecule has 3 rings (SSSR count). The minimum Gasteiger partial charge on any atom is -0.493 e. The van der Waals surface area contributed by atoms with Crippen LogP contribution in [0.2, 0.25) is 0 Å². The highest BCUT2D eigenvalue weighted by atomic mass is 16.5. The van der Waals surface area contributed by atoms with Gasteiger partial charge in [-0.2, -0.15) is 0 Å². The Morgan fingerprint density at radius 1 is 1.18 bits per heavy atom. The number of methoxy groups -OCH3 is 2. The van der Waals surface area contributed by atoms with Crippen LogP contribution < -0.4 is 14.9 Å². The van der Waals surface area contributed by atoms with Crippen LogP contribution in [0.15, 0.2) is 35.3 Å². The molecule has 0 bridgehead atoms. The average Bonchev–Trinajstić information content (AvgIpc) is 2.92. The lowest BCUT2D eigenvalue weighted by Gasteiger charge is -2.11. The monoisotopic (exact) mass is 299 g/mol. The number of aryl methyl sites for hydroxylation is 1. The lowest BCUT2D eigenvalue weighted by atomic mass is 10.2. The molecule has 0 atom stereocenters. The molecular weight excluding hydrogens is 282 g/mol. The molecule has 3 aromatic rings. The molecule has 114 valence electrons. The van der Waals surface area contributed by atoms with E-state index in [1.165, 1.54) is 0 Å². The van der Waals surface area contributed by atoms with Gasteiger partial charge in [-0.05, 0) is 24.6 Å². The molecule has 0 aliphatic rings. The molecule has 0 amide bonds. The van der Waals surface area contributed by atoms with Crippen molar-refractivity contribution >= 4 is 11.2 Å². The highest BCUT2D eigenvalue weighted by molar-refractivity contribution is 5.70. The third-order valence-corrected chi connectivity index (χ3v) is 3.53. The summed E-state index contributed by atoms with van der Waals surface area (Å²) in [6.07, 6.45) is 1.75. The van der Waals surface area contributed by atoms with Gasteiger partial charge in [0.15, 0.2) is 17.1 Å². The quantitative estimate of drug-likeness (QED) is 0.801. The predicted octanol–water partition coefficient (Wildman–Crippen LogP) is 2.10. The Morgan fingerprint density at radius 2 is 1.95 bits per heavy atom. The molecule has 0 spiro atoms. The largest absolute Gasteiger partial charge is 0.493 e. The highest BCUT2D eigenvalue weighted by Crippen LogP contribution is 2.28. The molecule has 0 fully saturated rings. The molecule has 22 heavy (non-hydrogen) atoms. The Kier molecular flexibility index (Phi) is 3.58. The van der Waals surface area contributed by atoms with E-state index < -0.39 is 0 Å². The van der Waals surface area contributed by atoms with Gasteiger partial charge in [0, 0.05) is 18.8 Å². The van der Waals surface area contributed by atoms with E-state index in [-0.39, 0.29) is 5.43 Å². The van der Waals surface area contributed by atoms with Gasteiger partial charge >= 0.3 is 0 Å². The van der Waals surface area contributed by atoms with E-state index >= 15 is 0 Å². The van der Waals surface area contributed by atoms with Crippen LogP contribution in [0.25, 0.3) is 11.2 Å². The second kappa shape index (κ2) is 5.55. The van der Waals surface area contributed by atoms with E-state index in [0.29, 0.717) is 29.2 Å². The Balaban J connectivity index is 2.03. The number of aromatic nitrogens is 3. The van der Waals surface area contributed by atoms with Crippen molar-refractivity contribution < 1.29 is 9.47 Å². The summed E-state index contributed by atoms with van der Waals surface area (Å²) in [5.74, 6) is 2.08. The summed E-state index contributed by atoms with van der Waals surface area (Å²) in [5, 5.41) is 0. The van der Waals surface area contributed by atoms with Crippen LogP contribution in [0, 0.1) is 6.92 Å². The molecule has 0 unspecified atom stereocenters. The van der Waals surface area contributed by atoms with Crippen molar-refractivity contribution in [1.82, 2.24) is 14.5 Å². The zero-order chi connectivity index (χ0) is 15.7. The maximum atomic E-state index is 11.9. The molecule has 6 nitrogen and oxygen atoms in total. The van der Waals surface area contributed by atoms with E-state index in [4.69, 9.17) is 9.47 Å². The fraction of sp³-hybridized carbons (Fsp3) is 0.250. The van der Waals surface area contributed by atoms with Crippen molar-refractivity contribution in [3.05, 3.63) is 52.1 Å². The van der Waals surface area contributed by atoms with Gasteiger partial charge in [-0.3, -0.25) is 4.79 Å². The van der Waals surface area contributed by atoms with Gasteiger partial charge in [-0.25, -0.2) is 4.98 Å². The zero-order valence-electron chi connectivity index (χ0n) is 12.7. The first-order valence-corrected chi connectivity index (χ1v) is 6.89. The van der Waals surface area contributed by atoms with Crippen LogP contribution >= 0.6 is 0 Å². The molecule has 2 heterocycles. The second-order valence-electron chi connectivity index (χ2n) is 5.02. The van der Waals surface area contributed by atoms with E-state index in [1.807, 2.05) is 29.7 Å². The Labute approximate surface area is 127 Å². The Bertz CT molecular complexity index is 880. The van der Waals surface area contributed by atoms with E-state index in [0.717, 1.165) is 11.4 Å². The topological polar surface area (TPSA) is 69.1 Å². The molecule has 0 saturated heterocycles. The van der Waals surface area contributed by atoms with Crippen LogP contribution in [0.5, 0.6) is 11.5 Å². The van der Waals surface area contributed by atoms with E-state index in [9.17, 15) is 4.79 Å². The number of H-pyrrole nitrogens is 1. The smallest absolute Gasteiger partial charge is 0.207 e. The van der Waals surface area contributed by atoms with Gasteiger partial charge in [0.25, 0.3) is 0 Å². The lowest BCUT2D eigenvalue weighted by molar-refractivity contribution is 0.354. The number of hydrogen-bond donors (Lipinski definition) is 1. The molecule has 6 heteroatoms. The SMILES string of the molecule is COc1ccc(Cn2ccc(=O)c3[nH]c(C)nc32)cc1OC. The molecular formula is C16H17N3O3. The second-order valence-corrected chi connectivity index (χ2v) is 5.02. The standard InChI is InChI=1S/C16H17N3O3/c1-10-17-15-12(20)6-7-19(16(15)18-10)9-11-4-5-13(21-2)14(8-11)22-3/h4-8H,9H2,1-3H3,(H,17,18). The number of benzene rings is 1. The summed E-state index contributed by atoms with van der Waals surface area (Å²) in [7, 11) is 3.21. The third-order valence-electron chi connectivity index (χ3n) is 3.53. The van der Waals surface area contributed by atoms with Crippen molar-refractivity contribution in [2.45, 2.75) is 13.5 Å². The van der Waals surface area contributed by atoms with Gasteiger partial charge < -0.3 is 19.0 Å². The molecule has 0 aliphatic carbocycles. The fourth-order valence-electron chi connectivity index (χ4n) is 2.47. The van der Waals surface area contributed by atoms with E-state index in [1.54, 1.807) is 26.5 Å². The van der Waals surface area contributed by atoms with Gasteiger partial charge in [-0.15, -0.1) is 0 Å². The van der Waals surface area contributed by atoms with Crippen LogP contribution in [-0.2, 0) is 6.54 Å². The summed E-state index contributed by atoms with van der Waals surface area (Å²) >= 11 is 0. The molecule has 0 saturated carbocycles. The molecule has 0 aliphatic heterocycles. The number of pyridine rings is 1. The van der Waals surface area contributed by atoms with Crippen molar-refractivity contribution in [2.24, 2.45) is 0 Å². The first-order chi connectivity index (χ1) is 10.6. The normalized spacial score (nSPS) is 10.9. The van der Waals surface area contributed by atoms with Gasteiger partial charge in [0.2, 0.25) is 5.43 Å². The van der Waals surface area contributed by atoms with Gasteiger partial charge in [0.1, 0.15) is 11.3 Å². The van der Waals surface area contributed by atoms with Crippen LogP contribution in [0.3, 0.4) is 0 Å². The summed E-state index contributed by atoms with van der Waals surface area (Å²) in [5.41, 5.74) is 2.16. The molecule has 1 N–H and O–H groups in total. The fourth-order valence-corrected chi connectivity index (χ4v) is 2.47. The number of fused-ring (bicyclic) bond motifs is 1.